The Bertz CT molecular complexity index is 582. The van der Waals surface area contributed by atoms with Gasteiger partial charge in [-0.15, -0.1) is 0 Å². The zero-order chi connectivity index (χ0) is 13.8. The number of nitrogens with zero attached hydrogens (tertiary/aromatic N) is 2. The van der Waals surface area contributed by atoms with E-state index >= 15 is 0 Å². The van der Waals surface area contributed by atoms with Crippen LogP contribution in [0.1, 0.15) is 5.69 Å². The largest absolute Gasteiger partial charge is 0.377 e. The lowest BCUT2D eigenvalue weighted by Crippen LogP contribution is -2.02. The van der Waals surface area contributed by atoms with Crippen LogP contribution in [0.2, 0.25) is 10.0 Å². The van der Waals surface area contributed by atoms with Crippen LogP contribution >= 0.6 is 23.2 Å². The molecule has 0 bridgehead atoms. The number of nitrogens with one attached hydrogen (secondary N) is 1. The van der Waals surface area contributed by atoms with Crippen LogP contribution in [0.15, 0.2) is 36.5 Å². The summed E-state index contributed by atoms with van der Waals surface area (Å²) in [6.07, 6.45) is 1.68. The van der Waals surface area contributed by atoms with Crippen molar-refractivity contribution in [2.75, 3.05) is 5.32 Å². The first-order valence-electron chi connectivity index (χ1n) is 5.35. The van der Waals surface area contributed by atoms with Gasteiger partial charge in [-0.2, -0.15) is 0 Å². The molecule has 1 aromatic heterocycles. The van der Waals surface area contributed by atoms with Crippen LogP contribution in [0.5, 0.6) is 0 Å². The molecule has 0 unspecified atom stereocenters. The average Bonchev–Trinajstić information content (AvgIpc) is 2.38. The molecule has 19 heavy (non-hydrogen) atoms. The molecular weight excluding hydrogens is 289 g/mol. The van der Waals surface area contributed by atoms with Gasteiger partial charge in [-0.1, -0.05) is 29.3 Å². The molecule has 0 aliphatic carbocycles. The van der Waals surface area contributed by atoms with E-state index in [1.807, 2.05) is 18.2 Å². The van der Waals surface area contributed by atoms with Crippen molar-refractivity contribution < 1.29 is 4.92 Å². The first-order valence-corrected chi connectivity index (χ1v) is 6.10. The second kappa shape index (κ2) is 5.86. The highest BCUT2D eigenvalue weighted by Crippen LogP contribution is 2.34. The number of pyridine rings is 1. The number of benzene rings is 1. The molecule has 7 heteroatoms. The highest BCUT2D eigenvalue weighted by atomic mass is 35.5. The minimum absolute atomic E-state index is 0.140. The van der Waals surface area contributed by atoms with Gasteiger partial charge in [-0.05, 0) is 12.1 Å². The molecular formula is C12H9Cl2N3O2. The predicted octanol–water partition coefficient (Wildman–Crippen LogP) is 3.91. The van der Waals surface area contributed by atoms with Crippen LogP contribution in [0.25, 0.3) is 0 Å². The zero-order valence-corrected chi connectivity index (χ0v) is 11.1. The Morgan fingerprint density at radius 3 is 2.47 bits per heavy atom. The lowest BCUT2D eigenvalue weighted by molar-refractivity contribution is -0.384. The van der Waals surface area contributed by atoms with Crippen molar-refractivity contribution >= 4 is 34.6 Å². The molecule has 0 aliphatic heterocycles. The van der Waals surface area contributed by atoms with Crippen molar-refractivity contribution in [3.05, 3.63) is 62.4 Å². The third kappa shape index (κ3) is 3.33. The summed E-state index contributed by atoms with van der Waals surface area (Å²) in [7, 11) is 0. The average molecular weight is 298 g/mol. The number of hydrogen-bond donors (Lipinski definition) is 1. The normalized spacial score (nSPS) is 10.2. The van der Waals surface area contributed by atoms with Crippen LogP contribution in [0.4, 0.5) is 11.4 Å². The maximum atomic E-state index is 10.7. The molecule has 0 saturated heterocycles. The van der Waals surface area contributed by atoms with Crippen LogP contribution in [-0.4, -0.2) is 9.91 Å². The molecule has 0 fully saturated rings. The molecule has 0 amide bonds. The highest BCUT2D eigenvalue weighted by Gasteiger charge is 2.14. The van der Waals surface area contributed by atoms with E-state index in [0.29, 0.717) is 12.2 Å². The molecule has 0 aliphatic rings. The molecule has 2 rings (SSSR count). The summed E-state index contributed by atoms with van der Waals surface area (Å²) in [6, 6.07) is 8.04. The Hall–Kier alpha value is -1.85. The van der Waals surface area contributed by atoms with Gasteiger partial charge in [0.25, 0.3) is 5.69 Å². The minimum Gasteiger partial charge on any atom is -0.377 e. The van der Waals surface area contributed by atoms with Crippen molar-refractivity contribution in [3.63, 3.8) is 0 Å². The molecule has 1 aromatic carbocycles. The fourth-order valence-corrected chi connectivity index (χ4v) is 2.12. The number of aromatic nitrogens is 1. The van der Waals surface area contributed by atoms with Gasteiger partial charge in [0.1, 0.15) is 0 Å². The molecule has 98 valence electrons. The topological polar surface area (TPSA) is 68.1 Å². The number of nitro benzene ring substituents is 1. The van der Waals surface area contributed by atoms with E-state index in [0.717, 1.165) is 5.69 Å². The third-order valence-corrected chi connectivity index (χ3v) is 3.01. The monoisotopic (exact) mass is 297 g/mol. The maximum Gasteiger partial charge on any atom is 0.272 e. The van der Waals surface area contributed by atoms with E-state index in [1.54, 1.807) is 6.20 Å². The van der Waals surface area contributed by atoms with Crippen molar-refractivity contribution in [2.45, 2.75) is 6.54 Å². The fourth-order valence-electron chi connectivity index (χ4n) is 1.52. The summed E-state index contributed by atoms with van der Waals surface area (Å²) in [5.74, 6) is 0. The van der Waals surface area contributed by atoms with Gasteiger partial charge in [-0.3, -0.25) is 15.1 Å². The lowest BCUT2D eigenvalue weighted by Gasteiger charge is -2.09. The first kappa shape index (κ1) is 13.6. The number of rotatable bonds is 4. The molecule has 1 N–H and O–H groups in total. The van der Waals surface area contributed by atoms with Crippen LogP contribution in [0.3, 0.4) is 0 Å². The van der Waals surface area contributed by atoms with E-state index in [9.17, 15) is 10.1 Å². The number of hydrogen-bond acceptors (Lipinski definition) is 4. The van der Waals surface area contributed by atoms with Crippen LogP contribution in [-0.2, 0) is 6.54 Å². The van der Waals surface area contributed by atoms with Crippen molar-refractivity contribution in [1.29, 1.82) is 0 Å². The molecule has 0 saturated carbocycles. The third-order valence-electron chi connectivity index (χ3n) is 2.41. The molecule has 5 nitrogen and oxygen atoms in total. The van der Waals surface area contributed by atoms with Gasteiger partial charge in [0.15, 0.2) is 0 Å². The maximum absolute atomic E-state index is 10.7. The molecule has 2 aromatic rings. The summed E-state index contributed by atoms with van der Waals surface area (Å²) in [4.78, 5) is 14.3. The molecule has 1 heterocycles. The van der Waals surface area contributed by atoms with Gasteiger partial charge >= 0.3 is 0 Å². The standard InChI is InChI=1S/C12H9Cl2N3O2/c13-10-5-9(17(18)19)6-11(14)12(10)16-7-8-3-1-2-4-15-8/h1-6,16H,7H2. The molecule has 0 atom stereocenters. The van der Waals surface area contributed by atoms with E-state index in [2.05, 4.69) is 10.3 Å². The van der Waals surface area contributed by atoms with Gasteiger partial charge in [0, 0.05) is 18.3 Å². The summed E-state index contributed by atoms with van der Waals surface area (Å²) in [5.41, 5.74) is 1.13. The summed E-state index contributed by atoms with van der Waals surface area (Å²) < 4.78 is 0. The minimum atomic E-state index is -0.541. The highest BCUT2D eigenvalue weighted by molar-refractivity contribution is 6.39. The predicted molar refractivity (Wildman–Crippen MR) is 74.7 cm³/mol. The quantitative estimate of drug-likeness (QED) is 0.686. The van der Waals surface area contributed by atoms with Gasteiger partial charge in [-0.25, -0.2) is 0 Å². The Balaban J connectivity index is 2.19. The molecule has 0 radical (unpaired) electrons. The Kier molecular flexibility index (Phi) is 4.19. The first-order chi connectivity index (χ1) is 9.08. The van der Waals surface area contributed by atoms with Crippen molar-refractivity contribution in [3.8, 4) is 0 Å². The van der Waals surface area contributed by atoms with Crippen molar-refractivity contribution in [2.24, 2.45) is 0 Å². The van der Waals surface area contributed by atoms with Gasteiger partial charge < -0.3 is 5.32 Å². The number of nitro groups is 1. The van der Waals surface area contributed by atoms with E-state index in [1.165, 1.54) is 12.1 Å². The second-order valence-electron chi connectivity index (χ2n) is 3.72. The van der Waals surface area contributed by atoms with Gasteiger partial charge in [0.05, 0.1) is 32.9 Å². The summed E-state index contributed by atoms with van der Waals surface area (Å²) >= 11 is 11.9. The Morgan fingerprint density at radius 2 is 1.95 bits per heavy atom. The number of anilines is 1. The van der Waals surface area contributed by atoms with Crippen LogP contribution < -0.4 is 5.32 Å². The van der Waals surface area contributed by atoms with E-state index < -0.39 is 4.92 Å². The zero-order valence-electron chi connectivity index (χ0n) is 9.64. The Labute approximate surface area is 119 Å². The Morgan fingerprint density at radius 1 is 1.26 bits per heavy atom. The van der Waals surface area contributed by atoms with Gasteiger partial charge in [0.2, 0.25) is 0 Å². The lowest BCUT2D eigenvalue weighted by atomic mass is 10.2. The number of halogens is 2. The smallest absolute Gasteiger partial charge is 0.272 e. The van der Waals surface area contributed by atoms with E-state index in [4.69, 9.17) is 23.2 Å². The number of non-ortho nitro benzene ring substituents is 1. The fraction of sp³-hybridized carbons (Fsp3) is 0.0833. The SMILES string of the molecule is O=[N+]([O-])c1cc(Cl)c(NCc2ccccn2)c(Cl)c1. The summed E-state index contributed by atoms with van der Waals surface area (Å²) in [6.45, 7) is 0.429. The summed E-state index contributed by atoms with van der Waals surface area (Å²) in [5, 5.41) is 14.1. The van der Waals surface area contributed by atoms with E-state index in [-0.39, 0.29) is 15.7 Å². The van der Waals surface area contributed by atoms with Crippen molar-refractivity contribution in [1.82, 2.24) is 4.98 Å². The van der Waals surface area contributed by atoms with Crippen LogP contribution in [0, 0.1) is 10.1 Å². The second-order valence-corrected chi connectivity index (χ2v) is 4.53. The molecule has 0 spiro atoms.